The topological polar surface area (TPSA) is 46.2 Å². The number of nitrogens with one attached hydrogen (secondary N) is 1. The van der Waals surface area contributed by atoms with Crippen LogP contribution in [0.25, 0.3) is 0 Å². The minimum absolute atomic E-state index is 0.230. The summed E-state index contributed by atoms with van der Waals surface area (Å²) in [5, 5.41) is 0. The van der Waals surface area contributed by atoms with Crippen molar-refractivity contribution < 1.29 is 8.42 Å². The smallest absolute Gasteiger partial charge is 0.210 e. The van der Waals surface area contributed by atoms with Gasteiger partial charge in [0.05, 0.1) is 4.90 Å². The van der Waals surface area contributed by atoms with Gasteiger partial charge in [-0.2, -0.15) is 0 Å². The average molecular weight is 288 g/mol. The van der Waals surface area contributed by atoms with E-state index in [1.54, 1.807) is 12.1 Å². The van der Waals surface area contributed by atoms with E-state index in [0.29, 0.717) is 6.42 Å². The van der Waals surface area contributed by atoms with Gasteiger partial charge in [0.25, 0.3) is 0 Å². The summed E-state index contributed by atoms with van der Waals surface area (Å²) >= 11 is 3.21. The van der Waals surface area contributed by atoms with Crippen LogP contribution in [0.3, 0.4) is 0 Å². The Bertz CT molecular complexity index is 476. The first-order chi connectivity index (χ1) is 7.06. The molecule has 1 aromatic rings. The molecule has 1 aromatic carbocycles. The Morgan fingerprint density at radius 2 is 2.20 bits per heavy atom. The van der Waals surface area contributed by atoms with E-state index in [1.165, 1.54) is 12.1 Å². The Labute approximate surface area is 98.1 Å². The maximum absolute atomic E-state index is 11.7. The fraction of sp³-hybridized carbons (Fsp3) is 0.200. The molecule has 1 N–H and O–H groups in total. The van der Waals surface area contributed by atoms with E-state index in [2.05, 4.69) is 26.6 Å². The van der Waals surface area contributed by atoms with Crippen LogP contribution in [0, 0.1) is 12.3 Å². The van der Waals surface area contributed by atoms with E-state index in [-0.39, 0.29) is 11.4 Å². The van der Waals surface area contributed by atoms with Crippen LogP contribution in [-0.2, 0) is 10.0 Å². The van der Waals surface area contributed by atoms with Gasteiger partial charge in [-0.25, -0.2) is 13.1 Å². The molecule has 0 unspecified atom stereocenters. The van der Waals surface area contributed by atoms with Gasteiger partial charge >= 0.3 is 0 Å². The van der Waals surface area contributed by atoms with E-state index in [4.69, 9.17) is 6.42 Å². The van der Waals surface area contributed by atoms with Gasteiger partial charge in [-0.1, -0.05) is 22.0 Å². The molecule has 0 radical (unpaired) electrons. The van der Waals surface area contributed by atoms with Gasteiger partial charge in [-0.05, 0) is 18.2 Å². The first kappa shape index (κ1) is 12.2. The van der Waals surface area contributed by atoms with Gasteiger partial charge in [-0.15, -0.1) is 12.3 Å². The number of hydrogen-bond donors (Lipinski definition) is 1. The largest absolute Gasteiger partial charge is 0.240 e. The van der Waals surface area contributed by atoms with E-state index < -0.39 is 10.0 Å². The molecule has 5 heteroatoms. The molecule has 0 bridgehead atoms. The third-order valence-electron chi connectivity index (χ3n) is 1.67. The Balaban J connectivity index is 2.83. The molecule has 0 aliphatic carbocycles. The Kier molecular flexibility index (Phi) is 4.33. The van der Waals surface area contributed by atoms with Crippen LogP contribution in [-0.4, -0.2) is 15.0 Å². The summed E-state index contributed by atoms with van der Waals surface area (Å²) in [6, 6.07) is 6.50. The van der Waals surface area contributed by atoms with Crippen molar-refractivity contribution in [1.29, 1.82) is 0 Å². The van der Waals surface area contributed by atoms with Crippen LogP contribution in [0.4, 0.5) is 0 Å². The Hall–Kier alpha value is -0.830. The second kappa shape index (κ2) is 5.31. The molecule has 0 amide bonds. The molecule has 0 saturated carbocycles. The van der Waals surface area contributed by atoms with Crippen molar-refractivity contribution in [3.05, 3.63) is 28.7 Å². The standard InChI is InChI=1S/C10H10BrNO2S/c1-2-3-7-12-15(13,14)10-6-4-5-9(11)8-10/h1,4-6,8,12H,3,7H2. The van der Waals surface area contributed by atoms with Crippen LogP contribution >= 0.6 is 15.9 Å². The van der Waals surface area contributed by atoms with Crippen molar-refractivity contribution in [2.75, 3.05) is 6.54 Å². The van der Waals surface area contributed by atoms with Crippen LogP contribution in [0.1, 0.15) is 6.42 Å². The molecule has 1 rings (SSSR count). The van der Waals surface area contributed by atoms with Crippen molar-refractivity contribution in [1.82, 2.24) is 4.72 Å². The molecule has 0 fully saturated rings. The third-order valence-corrected chi connectivity index (χ3v) is 3.62. The number of terminal acetylenes is 1. The Morgan fingerprint density at radius 3 is 2.80 bits per heavy atom. The van der Waals surface area contributed by atoms with Gasteiger partial charge in [0.15, 0.2) is 0 Å². The lowest BCUT2D eigenvalue weighted by Crippen LogP contribution is -2.24. The highest BCUT2D eigenvalue weighted by atomic mass is 79.9. The lowest BCUT2D eigenvalue weighted by molar-refractivity contribution is 0.582. The van der Waals surface area contributed by atoms with Crippen molar-refractivity contribution >= 4 is 26.0 Å². The van der Waals surface area contributed by atoms with Crippen LogP contribution in [0.15, 0.2) is 33.6 Å². The van der Waals surface area contributed by atoms with Gasteiger partial charge in [0.1, 0.15) is 0 Å². The highest BCUT2D eigenvalue weighted by molar-refractivity contribution is 9.10. The zero-order valence-electron chi connectivity index (χ0n) is 7.90. The lowest BCUT2D eigenvalue weighted by atomic mass is 10.4. The maximum Gasteiger partial charge on any atom is 0.240 e. The zero-order valence-corrected chi connectivity index (χ0v) is 10.3. The molecule has 0 saturated heterocycles. The Morgan fingerprint density at radius 1 is 1.47 bits per heavy atom. The number of hydrogen-bond acceptors (Lipinski definition) is 2. The van der Waals surface area contributed by atoms with Gasteiger partial charge < -0.3 is 0 Å². The predicted octanol–water partition coefficient (Wildman–Crippen LogP) is 1.75. The summed E-state index contributed by atoms with van der Waals surface area (Å²) in [4.78, 5) is 0.230. The fourth-order valence-corrected chi connectivity index (χ4v) is 2.60. The average Bonchev–Trinajstić information content (AvgIpc) is 2.18. The van der Waals surface area contributed by atoms with Crippen molar-refractivity contribution in [2.24, 2.45) is 0 Å². The first-order valence-corrected chi connectivity index (χ1v) is 6.52. The molecule has 0 aromatic heterocycles. The van der Waals surface area contributed by atoms with Crippen LogP contribution in [0.5, 0.6) is 0 Å². The van der Waals surface area contributed by atoms with E-state index >= 15 is 0 Å². The molecule has 0 aliphatic rings. The predicted molar refractivity (Wildman–Crippen MR) is 62.8 cm³/mol. The second-order valence-electron chi connectivity index (χ2n) is 2.81. The zero-order chi connectivity index (χ0) is 11.3. The molecule has 0 heterocycles. The molecule has 0 aliphatic heterocycles. The second-order valence-corrected chi connectivity index (χ2v) is 5.49. The number of halogens is 1. The minimum atomic E-state index is -3.43. The van der Waals surface area contributed by atoms with E-state index in [9.17, 15) is 8.42 Å². The summed E-state index contributed by atoms with van der Waals surface area (Å²) in [6.07, 6.45) is 5.41. The van der Waals surface area contributed by atoms with Crippen molar-refractivity contribution in [2.45, 2.75) is 11.3 Å². The van der Waals surface area contributed by atoms with Crippen molar-refractivity contribution in [3.8, 4) is 12.3 Å². The molecular formula is C10H10BrNO2S. The monoisotopic (exact) mass is 287 g/mol. The highest BCUT2D eigenvalue weighted by Gasteiger charge is 2.12. The van der Waals surface area contributed by atoms with Gasteiger partial charge in [0.2, 0.25) is 10.0 Å². The summed E-state index contributed by atoms with van der Waals surface area (Å²) < 4.78 is 26.5. The highest BCUT2D eigenvalue weighted by Crippen LogP contribution is 2.15. The van der Waals surface area contributed by atoms with E-state index in [0.717, 1.165) is 4.47 Å². The lowest BCUT2D eigenvalue weighted by Gasteiger charge is -2.05. The summed E-state index contributed by atoms with van der Waals surface area (Å²) in [7, 11) is -3.43. The fourth-order valence-electron chi connectivity index (χ4n) is 0.975. The van der Waals surface area contributed by atoms with E-state index in [1.807, 2.05) is 0 Å². The number of rotatable bonds is 4. The molecule has 0 spiro atoms. The van der Waals surface area contributed by atoms with Crippen molar-refractivity contribution in [3.63, 3.8) is 0 Å². The van der Waals surface area contributed by atoms with Crippen LogP contribution in [0.2, 0.25) is 0 Å². The summed E-state index contributed by atoms with van der Waals surface area (Å²) in [5.74, 6) is 2.37. The van der Waals surface area contributed by atoms with Gasteiger partial charge in [0, 0.05) is 17.4 Å². The quantitative estimate of drug-likeness (QED) is 0.677. The normalized spacial score (nSPS) is 10.9. The van der Waals surface area contributed by atoms with Gasteiger partial charge in [-0.3, -0.25) is 0 Å². The SMILES string of the molecule is C#CCCNS(=O)(=O)c1cccc(Br)c1. The number of benzene rings is 1. The maximum atomic E-state index is 11.7. The third kappa shape index (κ3) is 3.67. The van der Waals surface area contributed by atoms with Crippen LogP contribution < -0.4 is 4.72 Å². The molecule has 0 atom stereocenters. The minimum Gasteiger partial charge on any atom is -0.210 e. The summed E-state index contributed by atoms with van der Waals surface area (Å²) in [6.45, 7) is 0.255. The molecule has 3 nitrogen and oxygen atoms in total. The molecular weight excluding hydrogens is 278 g/mol. The molecule has 80 valence electrons. The summed E-state index contributed by atoms with van der Waals surface area (Å²) in [5.41, 5.74) is 0. The number of sulfonamides is 1. The molecule has 15 heavy (non-hydrogen) atoms. The first-order valence-electron chi connectivity index (χ1n) is 4.25.